The summed E-state index contributed by atoms with van der Waals surface area (Å²) in [4.78, 5) is 0. The van der Waals surface area contributed by atoms with Crippen LogP contribution in [-0.2, 0) is 11.8 Å². The van der Waals surface area contributed by atoms with Gasteiger partial charge in [0, 0.05) is 6.61 Å². The van der Waals surface area contributed by atoms with Crippen molar-refractivity contribution < 1.29 is 5.11 Å². The fourth-order valence-electron chi connectivity index (χ4n) is 5.19. The van der Waals surface area contributed by atoms with Crippen LogP contribution in [0.25, 0.3) is 0 Å². The number of aliphatic hydroxyl groups excluding tert-OH is 1. The summed E-state index contributed by atoms with van der Waals surface area (Å²) < 4.78 is 0. The van der Waals surface area contributed by atoms with E-state index in [1.807, 2.05) is 0 Å². The molecule has 116 valence electrons. The van der Waals surface area contributed by atoms with Crippen molar-refractivity contribution >= 4 is 0 Å². The molecule has 1 nitrogen and oxygen atoms in total. The average Bonchev–Trinajstić information content (AvgIpc) is 2.46. The number of aryl methyl sites for hydroxylation is 1. The van der Waals surface area contributed by atoms with Gasteiger partial charge in [-0.1, -0.05) is 52.3 Å². The van der Waals surface area contributed by atoms with E-state index in [1.54, 1.807) is 11.1 Å². The number of aliphatic hydroxyl groups is 1. The lowest BCUT2D eigenvalue weighted by atomic mass is 9.50. The molecule has 1 saturated carbocycles. The number of fused-ring (bicyclic) bond motifs is 3. The van der Waals surface area contributed by atoms with Crippen LogP contribution in [0.5, 0.6) is 0 Å². The Balaban J connectivity index is 2.05. The molecule has 2 aliphatic carbocycles. The van der Waals surface area contributed by atoms with E-state index in [1.165, 1.54) is 37.7 Å². The van der Waals surface area contributed by atoms with Crippen LogP contribution in [0.3, 0.4) is 0 Å². The van der Waals surface area contributed by atoms with Crippen molar-refractivity contribution in [3.8, 4) is 0 Å². The second kappa shape index (κ2) is 5.12. The summed E-state index contributed by atoms with van der Waals surface area (Å²) in [6, 6.07) is 7.19. The Morgan fingerprint density at radius 2 is 2.00 bits per heavy atom. The first-order valence-electron chi connectivity index (χ1n) is 8.65. The molecule has 0 spiro atoms. The lowest BCUT2D eigenvalue weighted by Crippen LogP contribution is -2.50. The van der Waals surface area contributed by atoms with Crippen molar-refractivity contribution in [1.29, 1.82) is 0 Å². The van der Waals surface area contributed by atoms with Gasteiger partial charge in [0.2, 0.25) is 0 Å². The molecule has 3 atom stereocenters. The smallest absolute Gasteiger partial charge is 0.0487 e. The molecule has 0 aliphatic heterocycles. The third-order valence-corrected chi connectivity index (χ3v) is 6.53. The quantitative estimate of drug-likeness (QED) is 0.827. The Labute approximate surface area is 129 Å². The van der Waals surface area contributed by atoms with Gasteiger partial charge in [0.05, 0.1) is 0 Å². The standard InChI is InChI=1S/C20H30O/c1-14(2)15-6-8-17-16(12-15)7-9-18-19(3,13-21)10-5-11-20(17,18)4/h6,8,12,14,18,21H,5,7,9-11,13H2,1-4H3/t18?,19-,20?/m0/s1. The van der Waals surface area contributed by atoms with Crippen molar-refractivity contribution in [2.45, 2.75) is 71.1 Å². The highest BCUT2D eigenvalue weighted by molar-refractivity contribution is 5.42. The van der Waals surface area contributed by atoms with Crippen LogP contribution < -0.4 is 0 Å². The predicted octanol–water partition coefficient (Wildman–Crippen LogP) is 4.81. The van der Waals surface area contributed by atoms with E-state index in [2.05, 4.69) is 45.9 Å². The Morgan fingerprint density at radius 1 is 1.24 bits per heavy atom. The zero-order valence-electron chi connectivity index (χ0n) is 14.1. The highest BCUT2D eigenvalue weighted by Crippen LogP contribution is 2.57. The van der Waals surface area contributed by atoms with Gasteiger partial charge in [-0.15, -0.1) is 0 Å². The molecular weight excluding hydrogens is 256 g/mol. The maximum atomic E-state index is 9.97. The van der Waals surface area contributed by atoms with Crippen LogP contribution in [0.4, 0.5) is 0 Å². The highest BCUT2D eigenvalue weighted by atomic mass is 16.3. The van der Waals surface area contributed by atoms with E-state index in [9.17, 15) is 5.11 Å². The first-order chi connectivity index (χ1) is 9.90. The molecule has 1 fully saturated rings. The van der Waals surface area contributed by atoms with Crippen molar-refractivity contribution in [2.24, 2.45) is 11.3 Å². The molecule has 1 N–H and O–H groups in total. The van der Waals surface area contributed by atoms with Gasteiger partial charge in [-0.05, 0) is 65.0 Å². The van der Waals surface area contributed by atoms with Crippen molar-refractivity contribution in [3.63, 3.8) is 0 Å². The third-order valence-electron chi connectivity index (χ3n) is 6.53. The van der Waals surface area contributed by atoms with Gasteiger partial charge < -0.3 is 5.11 Å². The van der Waals surface area contributed by atoms with Gasteiger partial charge in [0.25, 0.3) is 0 Å². The molecule has 1 heteroatoms. The average molecular weight is 286 g/mol. The number of benzene rings is 1. The third kappa shape index (κ3) is 2.25. The largest absolute Gasteiger partial charge is 0.396 e. The molecule has 0 radical (unpaired) electrons. The fraction of sp³-hybridized carbons (Fsp3) is 0.700. The maximum absolute atomic E-state index is 9.97. The summed E-state index contributed by atoms with van der Waals surface area (Å²) in [7, 11) is 0. The molecule has 2 aliphatic rings. The van der Waals surface area contributed by atoms with Crippen LogP contribution in [-0.4, -0.2) is 11.7 Å². The first kappa shape index (κ1) is 15.1. The predicted molar refractivity (Wildman–Crippen MR) is 88.7 cm³/mol. The Kier molecular flexibility index (Phi) is 3.68. The molecule has 1 aromatic carbocycles. The minimum Gasteiger partial charge on any atom is -0.396 e. The van der Waals surface area contributed by atoms with E-state index in [0.29, 0.717) is 18.4 Å². The molecular formula is C20H30O. The second-order valence-corrected chi connectivity index (χ2v) is 8.25. The SMILES string of the molecule is CC(C)c1ccc2c(c1)CCC1C2(C)CCC[C@@]1(C)CO. The molecule has 0 saturated heterocycles. The van der Waals surface area contributed by atoms with E-state index in [0.717, 1.165) is 0 Å². The zero-order valence-corrected chi connectivity index (χ0v) is 14.1. The van der Waals surface area contributed by atoms with Crippen LogP contribution >= 0.6 is 0 Å². The van der Waals surface area contributed by atoms with E-state index in [-0.39, 0.29) is 10.8 Å². The molecule has 21 heavy (non-hydrogen) atoms. The number of hydrogen-bond donors (Lipinski definition) is 1. The summed E-state index contributed by atoms with van der Waals surface area (Å²) in [5.41, 5.74) is 4.99. The fourth-order valence-corrected chi connectivity index (χ4v) is 5.19. The number of hydrogen-bond acceptors (Lipinski definition) is 1. The summed E-state index contributed by atoms with van der Waals surface area (Å²) in [6.45, 7) is 9.66. The Morgan fingerprint density at radius 3 is 2.67 bits per heavy atom. The van der Waals surface area contributed by atoms with Gasteiger partial charge >= 0.3 is 0 Å². The van der Waals surface area contributed by atoms with E-state index in [4.69, 9.17) is 0 Å². The summed E-state index contributed by atoms with van der Waals surface area (Å²) in [5.74, 6) is 1.23. The van der Waals surface area contributed by atoms with E-state index < -0.39 is 0 Å². The van der Waals surface area contributed by atoms with E-state index >= 15 is 0 Å². The zero-order chi connectivity index (χ0) is 15.3. The molecule has 1 aromatic rings. The lowest BCUT2D eigenvalue weighted by Gasteiger charge is -2.55. The monoisotopic (exact) mass is 286 g/mol. The Hall–Kier alpha value is -0.820. The van der Waals surface area contributed by atoms with Crippen LogP contribution in [0.15, 0.2) is 18.2 Å². The summed E-state index contributed by atoms with van der Waals surface area (Å²) in [6.07, 6.45) is 6.13. The summed E-state index contributed by atoms with van der Waals surface area (Å²) in [5, 5.41) is 9.97. The van der Waals surface area contributed by atoms with Gasteiger partial charge in [0.1, 0.15) is 0 Å². The normalized spacial score (nSPS) is 35.4. The Bertz CT molecular complexity index is 533. The van der Waals surface area contributed by atoms with Crippen molar-refractivity contribution in [2.75, 3.05) is 6.61 Å². The van der Waals surface area contributed by atoms with Crippen LogP contribution in [0, 0.1) is 11.3 Å². The molecule has 0 heterocycles. The minimum atomic E-state index is 0.113. The van der Waals surface area contributed by atoms with Gasteiger partial charge in [-0.25, -0.2) is 0 Å². The van der Waals surface area contributed by atoms with Crippen LogP contribution in [0.1, 0.15) is 76.0 Å². The first-order valence-corrected chi connectivity index (χ1v) is 8.65. The molecule has 3 rings (SSSR count). The summed E-state index contributed by atoms with van der Waals surface area (Å²) >= 11 is 0. The topological polar surface area (TPSA) is 20.2 Å². The molecule has 2 unspecified atom stereocenters. The highest BCUT2D eigenvalue weighted by Gasteiger charge is 2.51. The molecule has 0 amide bonds. The minimum absolute atomic E-state index is 0.113. The second-order valence-electron chi connectivity index (χ2n) is 8.25. The van der Waals surface area contributed by atoms with Crippen molar-refractivity contribution in [1.82, 2.24) is 0 Å². The van der Waals surface area contributed by atoms with Gasteiger partial charge in [0.15, 0.2) is 0 Å². The molecule has 0 bridgehead atoms. The number of rotatable bonds is 2. The van der Waals surface area contributed by atoms with Crippen molar-refractivity contribution in [3.05, 3.63) is 34.9 Å². The lowest BCUT2D eigenvalue weighted by molar-refractivity contribution is -0.0179. The van der Waals surface area contributed by atoms with Gasteiger partial charge in [-0.2, -0.15) is 0 Å². The maximum Gasteiger partial charge on any atom is 0.0487 e. The van der Waals surface area contributed by atoms with Gasteiger partial charge in [-0.3, -0.25) is 0 Å². The van der Waals surface area contributed by atoms with Crippen LogP contribution in [0.2, 0.25) is 0 Å². The molecule has 0 aromatic heterocycles.